The molecule has 1 aliphatic heterocycles. The normalized spacial score (nSPS) is 29.5. The molecule has 16 nitrogen and oxygen atoms in total. The number of allylic oxidation sites excluding steroid dienone is 2. The van der Waals surface area contributed by atoms with E-state index in [2.05, 4.69) is 10.6 Å². The number of carbonyl (C=O) groups is 5. The molecule has 0 spiro atoms. The second-order valence-electron chi connectivity index (χ2n) is 14.4. The number of benzene rings is 3. The van der Waals surface area contributed by atoms with Crippen LogP contribution in [-0.2, 0) is 32.8 Å². The van der Waals surface area contributed by atoms with Crippen molar-refractivity contribution in [3.8, 4) is 11.5 Å². The monoisotopic (exact) mass is 772 g/mol. The fourth-order valence-corrected chi connectivity index (χ4v) is 8.69. The van der Waals surface area contributed by atoms with Gasteiger partial charge in [0.05, 0.1) is 53.2 Å². The second kappa shape index (κ2) is 14.0. The van der Waals surface area contributed by atoms with Crippen molar-refractivity contribution in [2.75, 3.05) is 20.8 Å². The molecule has 1 amide bonds. The highest BCUT2D eigenvalue weighted by Crippen LogP contribution is 2.56. The van der Waals surface area contributed by atoms with Gasteiger partial charge in [0.1, 0.15) is 23.8 Å². The average molecular weight is 773 g/mol. The van der Waals surface area contributed by atoms with Crippen LogP contribution >= 0.6 is 0 Å². The van der Waals surface area contributed by atoms with Gasteiger partial charge >= 0.3 is 0 Å². The van der Waals surface area contributed by atoms with Gasteiger partial charge < -0.3 is 55.5 Å². The third-order valence-electron chi connectivity index (χ3n) is 11.4. The SMILES string of the molecule is CO[C@@H]1[C@@H](O)[C@@H](CO)[C@@H](NC2=CC(=O)c3c(cc4c(c3O)C(=O)[C@]3(OC)[C@H](O)Cc5cc(C)c(C(=O)NCc6ccccc6)c(O)c5[C@]3(O)C4=O)C2=O)O[C@H]1C. The number of rotatable bonds is 8. The summed E-state index contributed by atoms with van der Waals surface area (Å²) < 4.78 is 16.7. The molecule has 4 aliphatic rings. The molecule has 1 saturated heterocycles. The molecule has 3 aliphatic carbocycles. The Hall–Kier alpha value is -5.33. The molecule has 3 aromatic carbocycles. The number of nitrogens with one attached hydrogen (secondary N) is 2. The van der Waals surface area contributed by atoms with Crippen molar-refractivity contribution in [1.29, 1.82) is 0 Å². The molecule has 0 aromatic heterocycles. The molecule has 294 valence electrons. The number of ether oxygens (including phenoxy) is 3. The van der Waals surface area contributed by atoms with Crippen molar-refractivity contribution in [3.63, 3.8) is 0 Å². The molecule has 8 atom stereocenters. The molecular weight excluding hydrogens is 732 g/mol. The van der Waals surface area contributed by atoms with Crippen molar-refractivity contribution in [1.82, 2.24) is 10.6 Å². The molecule has 7 rings (SSSR count). The van der Waals surface area contributed by atoms with Crippen LogP contribution in [0.5, 0.6) is 11.5 Å². The van der Waals surface area contributed by atoms with Crippen LogP contribution in [0, 0.1) is 12.8 Å². The van der Waals surface area contributed by atoms with Gasteiger partial charge in [-0.15, -0.1) is 0 Å². The summed E-state index contributed by atoms with van der Waals surface area (Å²) >= 11 is 0. The second-order valence-corrected chi connectivity index (χ2v) is 14.4. The molecule has 0 saturated carbocycles. The van der Waals surface area contributed by atoms with Gasteiger partial charge in [-0.05, 0) is 36.6 Å². The Morgan fingerprint density at radius 3 is 2.32 bits per heavy atom. The molecule has 3 aromatic rings. The van der Waals surface area contributed by atoms with E-state index >= 15 is 0 Å². The fourth-order valence-electron chi connectivity index (χ4n) is 8.69. The Labute approximate surface area is 319 Å². The van der Waals surface area contributed by atoms with Gasteiger partial charge in [0.25, 0.3) is 5.91 Å². The van der Waals surface area contributed by atoms with E-state index in [1.807, 2.05) is 0 Å². The number of hydrogen-bond donors (Lipinski definition) is 8. The van der Waals surface area contributed by atoms with Gasteiger partial charge in [0.15, 0.2) is 17.0 Å². The van der Waals surface area contributed by atoms with Gasteiger partial charge in [0.2, 0.25) is 17.3 Å². The number of hydrogen-bond acceptors (Lipinski definition) is 15. The van der Waals surface area contributed by atoms with Crippen LogP contribution in [0.15, 0.2) is 54.2 Å². The topological polar surface area (TPSA) is 258 Å². The number of phenolic OH excluding ortho intramolecular Hbond substituents is 2. The van der Waals surface area contributed by atoms with E-state index in [0.717, 1.165) is 24.8 Å². The summed E-state index contributed by atoms with van der Waals surface area (Å²) in [5, 5.41) is 74.0. The van der Waals surface area contributed by atoms with Crippen molar-refractivity contribution in [3.05, 3.63) is 104 Å². The van der Waals surface area contributed by atoms with Crippen LogP contribution in [0.1, 0.15) is 81.0 Å². The maximum Gasteiger partial charge on any atom is 0.255 e. The standard InChI is InChI=1S/C40H40N2O14/c1-16-10-19-11-25(45)40(55-4)36(51)28-21(35(50)39(40,53)29(19)33(49)26(16)37(52)41-14-18-8-6-5-7-9-18)12-20-27(32(28)48)24(44)13-23(30(20)46)42-38-22(15-43)31(47)34(54-3)17(2)56-38/h5-10,12-13,17,22,25,31,34,38,42-43,45,47-49,53H,11,14-15H2,1-4H3,(H,41,52)/t17-,22+,25+,31-,34-,38-,39-,40+/m0/s1. The Balaban J connectivity index is 1.33. The first-order valence-corrected chi connectivity index (χ1v) is 17.8. The fraction of sp³-hybridized carbons (Fsp3) is 0.375. The number of phenols is 2. The van der Waals surface area contributed by atoms with E-state index in [-0.39, 0.29) is 23.2 Å². The number of aromatic hydroxyl groups is 2. The number of aliphatic hydroxyl groups is 4. The van der Waals surface area contributed by atoms with Gasteiger partial charge in [-0.25, -0.2) is 0 Å². The number of aryl methyl sites for hydroxylation is 1. The summed E-state index contributed by atoms with van der Waals surface area (Å²) in [6, 6.07) is 11.1. The number of aliphatic hydroxyl groups excluding tert-OH is 3. The number of ketones is 4. The van der Waals surface area contributed by atoms with Gasteiger partial charge in [-0.3, -0.25) is 24.0 Å². The Kier molecular flexibility index (Phi) is 9.73. The van der Waals surface area contributed by atoms with E-state index in [1.54, 1.807) is 37.3 Å². The average Bonchev–Trinajstić information content (AvgIpc) is 3.15. The van der Waals surface area contributed by atoms with Gasteiger partial charge in [-0.1, -0.05) is 36.4 Å². The van der Waals surface area contributed by atoms with Crippen LogP contribution in [0.2, 0.25) is 0 Å². The third-order valence-corrected chi connectivity index (χ3v) is 11.4. The molecule has 0 bridgehead atoms. The molecule has 1 fully saturated rings. The van der Waals surface area contributed by atoms with Crippen molar-refractivity contribution in [2.45, 2.75) is 68.7 Å². The van der Waals surface area contributed by atoms with E-state index in [9.17, 15) is 54.6 Å². The molecular formula is C40H40N2O14. The van der Waals surface area contributed by atoms with E-state index in [1.165, 1.54) is 20.1 Å². The van der Waals surface area contributed by atoms with Crippen LogP contribution in [0.4, 0.5) is 0 Å². The first-order valence-electron chi connectivity index (χ1n) is 17.8. The smallest absolute Gasteiger partial charge is 0.255 e. The molecule has 16 heteroatoms. The molecule has 0 unspecified atom stereocenters. The highest BCUT2D eigenvalue weighted by molar-refractivity contribution is 6.31. The van der Waals surface area contributed by atoms with Crippen molar-refractivity contribution >= 4 is 29.0 Å². The lowest BCUT2D eigenvalue weighted by Gasteiger charge is -2.53. The lowest BCUT2D eigenvalue weighted by molar-refractivity contribution is -0.214. The zero-order chi connectivity index (χ0) is 40.6. The first-order chi connectivity index (χ1) is 26.6. The maximum atomic E-state index is 14.8. The number of Topliss-reactive ketones (excluding diaryl/α,β-unsaturated/α-hetero) is 3. The highest BCUT2D eigenvalue weighted by atomic mass is 16.6. The summed E-state index contributed by atoms with van der Waals surface area (Å²) in [6.07, 6.45) is -5.64. The molecule has 56 heavy (non-hydrogen) atoms. The minimum atomic E-state index is -3.25. The maximum absolute atomic E-state index is 14.8. The molecule has 8 N–H and O–H groups in total. The molecule has 1 heterocycles. The van der Waals surface area contributed by atoms with Crippen LogP contribution < -0.4 is 10.6 Å². The number of fused-ring (bicyclic) bond motifs is 5. The summed E-state index contributed by atoms with van der Waals surface area (Å²) in [4.78, 5) is 70.7. The van der Waals surface area contributed by atoms with Gasteiger partial charge in [-0.2, -0.15) is 0 Å². The lowest BCUT2D eigenvalue weighted by atomic mass is 9.56. The summed E-state index contributed by atoms with van der Waals surface area (Å²) in [6.45, 7) is 2.53. The van der Waals surface area contributed by atoms with E-state index < -0.39 is 135 Å². The highest BCUT2D eigenvalue weighted by Gasteiger charge is 2.72. The van der Waals surface area contributed by atoms with Crippen molar-refractivity contribution in [2.24, 2.45) is 5.92 Å². The predicted octanol–water partition coefficient (Wildman–Crippen LogP) is 0.487. The summed E-state index contributed by atoms with van der Waals surface area (Å²) in [5.74, 6) is -8.47. The predicted molar refractivity (Wildman–Crippen MR) is 192 cm³/mol. The van der Waals surface area contributed by atoms with Crippen LogP contribution in [-0.4, -0.2) is 117 Å². The Morgan fingerprint density at radius 1 is 0.982 bits per heavy atom. The zero-order valence-electron chi connectivity index (χ0n) is 30.7. The van der Waals surface area contributed by atoms with Crippen LogP contribution in [0.3, 0.4) is 0 Å². The Bertz CT molecular complexity index is 2240. The number of methoxy groups -OCH3 is 2. The quantitative estimate of drug-likeness (QED) is 0.155. The minimum absolute atomic E-state index is 0.00721. The Morgan fingerprint density at radius 2 is 1.68 bits per heavy atom. The molecule has 0 radical (unpaired) electrons. The lowest BCUT2D eigenvalue weighted by Crippen LogP contribution is -2.73. The first kappa shape index (κ1) is 38.9. The third kappa shape index (κ3) is 5.36. The van der Waals surface area contributed by atoms with E-state index in [0.29, 0.717) is 0 Å². The summed E-state index contributed by atoms with van der Waals surface area (Å²) in [5.41, 5.74) is -9.33. The minimum Gasteiger partial charge on any atom is -0.507 e. The number of carbonyl (C=O) groups excluding carboxylic acids is 5. The van der Waals surface area contributed by atoms with E-state index in [4.69, 9.17) is 14.2 Å². The summed E-state index contributed by atoms with van der Waals surface area (Å²) in [7, 11) is 2.28. The largest absolute Gasteiger partial charge is 0.507 e. The van der Waals surface area contributed by atoms with Crippen molar-refractivity contribution < 1.29 is 68.8 Å². The zero-order valence-corrected chi connectivity index (χ0v) is 30.7. The van der Waals surface area contributed by atoms with Crippen LogP contribution in [0.25, 0.3) is 0 Å². The number of amides is 1. The van der Waals surface area contributed by atoms with Gasteiger partial charge in [0, 0.05) is 50.0 Å².